The highest BCUT2D eigenvalue weighted by Crippen LogP contribution is 2.35. The van der Waals surface area contributed by atoms with E-state index in [1.165, 1.54) is 17.2 Å². The summed E-state index contributed by atoms with van der Waals surface area (Å²) in [6.07, 6.45) is 1.37. The van der Waals surface area contributed by atoms with E-state index in [4.69, 9.17) is 14.5 Å². The van der Waals surface area contributed by atoms with E-state index < -0.39 is 6.10 Å². The molecule has 3 heterocycles. The summed E-state index contributed by atoms with van der Waals surface area (Å²) in [5.74, 6) is 1.35. The zero-order chi connectivity index (χ0) is 23.7. The highest BCUT2D eigenvalue weighted by molar-refractivity contribution is 5.80. The Labute approximate surface area is 198 Å². The van der Waals surface area contributed by atoms with E-state index in [1.54, 1.807) is 0 Å². The summed E-state index contributed by atoms with van der Waals surface area (Å²) in [7, 11) is 0. The zero-order valence-electron chi connectivity index (χ0n) is 19.4. The van der Waals surface area contributed by atoms with Crippen LogP contribution in [0.1, 0.15) is 29.0 Å². The van der Waals surface area contributed by atoms with E-state index in [0.717, 1.165) is 40.4 Å². The van der Waals surface area contributed by atoms with Crippen molar-refractivity contribution in [1.82, 2.24) is 15.1 Å². The molecular formula is C27H28N4O3. The molecule has 7 nitrogen and oxygen atoms in total. The van der Waals surface area contributed by atoms with Crippen LogP contribution >= 0.6 is 0 Å². The molecule has 5 rings (SSSR count). The van der Waals surface area contributed by atoms with Gasteiger partial charge in [0.2, 0.25) is 0 Å². The van der Waals surface area contributed by atoms with Gasteiger partial charge in [0.05, 0.1) is 23.2 Å². The van der Waals surface area contributed by atoms with Crippen LogP contribution in [0.5, 0.6) is 5.88 Å². The van der Waals surface area contributed by atoms with E-state index in [2.05, 4.69) is 72.4 Å². The third kappa shape index (κ3) is 4.65. The third-order valence-electron chi connectivity index (χ3n) is 6.15. The number of anilines is 1. The molecule has 2 N–H and O–H groups in total. The highest BCUT2D eigenvalue weighted by atomic mass is 16.5. The summed E-state index contributed by atoms with van der Waals surface area (Å²) in [6.45, 7) is 5.32. The van der Waals surface area contributed by atoms with Crippen LogP contribution in [0.2, 0.25) is 0 Å². The van der Waals surface area contributed by atoms with E-state index in [-0.39, 0.29) is 5.88 Å². The third-order valence-corrected chi connectivity index (χ3v) is 6.15. The van der Waals surface area contributed by atoms with Gasteiger partial charge in [0.1, 0.15) is 5.76 Å². The minimum Gasteiger partial charge on any atom is -0.491 e. The molecular weight excluding hydrogens is 428 g/mol. The van der Waals surface area contributed by atoms with E-state index in [9.17, 15) is 10.2 Å². The van der Waals surface area contributed by atoms with Crippen molar-refractivity contribution in [1.29, 1.82) is 0 Å². The monoisotopic (exact) mass is 456 g/mol. The second kappa shape index (κ2) is 9.27. The molecule has 1 aliphatic rings. The molecule has 7 heteroatoms. The molecule has 0 saturated heterocycles. The lowest BCUT2D eigenvalue weighted by Crippen LogP contribution is -2.40. The molecule has 174 valence electrons. The van der Waals surface area contributed by atoms with Crippen LogP contribution in [0.15, 0.2) is 59.1 Å². The lowest BCUT2D eigenvalue weighted by molar-refractivity contribution is 0.173. The normalized spacial score (nSPS) is 15.4. The number of β-amino-alcohol motifs (C(OH)–C–C–N with tert-alkyl or cyclic N) is 1. The number of benzene rings is 2. The second-order valence-electron chi connectivity index (χ2n) is 8.98. The van der Waals surface area contributed by atoms with Crippen LogP contribution in [0.3, 0.4) is 0 Å². The van der Waals surface area contributed by atoms with Crippen molar-refractivity contribution in [3.8, 4) is 28.4 Å². The quantitative estimate of drug-likeness (QED) is 0.442. The average Bonchev–Trinajstić information content (AvgIpc) is 3.24. The molecule has 0 radical (unpaired) electrons. The number of aromatic hydroxyl groups is 1. The summed E-state index contributed by atoms with van der Waals surface area (Å²) in [5, 5.41) is 23.5. The smallest absolute Gasteiger partial charge is 0.251 e. The molecule has 0 amide bonds. The molecule has 0 aliphatic carbocycles. The van der Waals surface area contributed by atoms with Crippen LogP contribution in [0.25, 0.3) is 22.5 Å². The number of fused-ring (bicyclic) bond motifs is 1. The van der Waals surface area contributed by atoms with Crippen LogP contribution in [-0.4, -0.2) is 44.5 Å². The fraction of sp³-hybridized carbons (Fsp3) is 0.296. The molecule has 1 unspecified atom stereocenters. The minimum absolute atomic E-state index is 0.106. The predicted octanol–water partition coefficient (Wildman–Crippen LogP) is 4.48. The molecule has 0 spiro atoms. The fourth-order valence-electron chi connectivity index (χ4n) is 4.37. The van der Waals surface area contributed by atoms with Crippen LogP contribution < -0.4 is 4.90 Å². The molecule has 2 aromatic carbocycles. The van der Waals surface area contributed by atoms with Crippen molar-refractivity contribution in [2.45, 2.75) is 39.2 Å². The SMILES string of the molecule is Cc1ccc(-c2nc3c(nc2-c2ccc(C)cc2)N(CCCc2cc(O)no2)CC(O)C3)cc1. The number of nitrogens with zero attached hydrogens (tertiary/aromatic N) is 4. The Kier molecular flexibility index (Phi) is 6.02. The Balaban J connectivity index is 1.52. The maximum absolute atomic E-state index is 10.6. The molecule has 34 heavy (non-hydrogen) atoms. The minimum atomic E-state index is -0.507. The second-order valence-corrected chi connectivity index (χ2v) is 8.98. The van der Waals surface area contributed by atoms with Gasteiger partial charge in [-0.2, -0.15) is 0 Å². The van der Waals surface area contributed by atoms with Crippen LogP contribution in [0, 0.1) is 13.8 Å². The summed E-state index contributed by atoms with van der Waals surface area (Å²) in [4.78, 5) is 12.3. The van der Waals surface area contributed by atoms with Gasteiger partial charge in [-0.25, -0.2) is 9.97 Å². The van der Waals surface area contributed by atoms with Gasteiger partial charge in [-0.15, -0.1) is 0 Å². The Bertz CT molecular complexity index is 1280. The first-order valence-corrected chi connectivity index (χ1v) is 11.6. The number of aryl methyl sites for hydroxylation is 3. The zero-order valence-corrected chi connectivity index (χ0v) is 19.4. The van der Waals surface area contributed by atoms with Gasteiger partial charge in [0.25, 0.3) is 5.88 Å². The van der Waals surface area contributed by atoms with Crippen molar-refractivity contribution >= 4 is 5.82 Å². The fourth-order valence-corrected chi connectivity index (χ4v) is 4.37. The molecule has 2 aromatic heterocycles. The Morgan fingerprint density at radius 2 is 1.56 bits per heavy atom. The molecule has 1 aliphatic heterocycles. The molecule has 0 bridgehead atoms. The number of aliphatic hydroxyl groups is 1. The predicted molar refractivity (Wildman–Crippen MR) is 131 cm³/mol. The van der Waals surface area contributed by atoms with E-state index >= 15 is 0 Å². The number of aliphatic hydroxyl groups excluding tert-OH is 1. The number of hydrogen-bond donors (Lipinski definition) is 2. The Morgan fingerprint density at radius 3 is 2.15 bits per heavy atom. The van der Waals surface area contributed by atoms with Gasteiger partial charge in [0.15, 0.2) is 5.82 Å². The summed E-state index contributed by atoms with van der Waals surface area (Å²) < 4.78 is 5.11. The average molecular weight is 457 g/mol. The number of rotatable bonds is 6. The van der Waals surface area contributed by atoms with Gasteiger partial charge in [-0.1, -0.05) is 59.7 Å². The van der Waals surface area contributed by atoms with Crippen molar-refractivity contribution in [2.75, 3.05) is 18.0 Å². The van der Waals surface area contributed by atoms with E-state index in [0.29, 0.717) is 31.7 Å². The topological polar surface area (TPSA) is 95.5 Å². The van der Waals surface area contributed by atoms with Crippen LogP contribution in [-0.2, 0) is 12.8 Å². The first-order chi connectivity index (χ1) is 16.5. The standard InChI is InChI=1S/C27H28N4O3/c1-17-5-9-19(10-6-17)25-26(20-11-7-18(2)8-12-20)29-27-23(28-25)14-21(32)16-31(27)13-3-4-22-15-24(33)30-34-22/h5-12,15,21,32H,3-4,13-14,16H2,1-2H3,(H,30,33). The van der Waals surface area contributed by atoms with Crippen molar-refractivity contribution in [2.24, 2.45) is 0 Å². The first-order valence-electron chi connectivity index (χ1n) is 11.6. The lowest BCUT2D eigenvalue weighted by Gasteiger charge is -2.33. The van der Waals surface area contributed by atoms with Crippen molar-refractivity contribution in [3.63, 3.8) is 0 Å². The largest absolute Gasteiger partial charge is 0.491 e. The summed E-state index contributed by atoms with van der Waals surface area (Å²) in [6, 6.07) is 18.2. The Hall–Kier alpha value is -3.71. The van der Waals surface area contributed by atoms with Gasteiger partial charge >= 0.3 is 0 Å². The highest BCUT2D eigenvalue weighted by Gasteiger charge is 2.28. The molecule has 4 aromatic rings. The van der Waals surface area contributed by atoms with Crippen LogP contribution in [0.4, 0.5) is 5.82 Å². The van der Waals surface area contributed by atoms with Gasteiger partial charge in [-0.05, 0) is 25.4 Å². The lowest BCUT2D eigenvalue weighted by atomic mass is 10.00. The summed E-state index contributed by atoms with van der Waals surface area (Å²) in [5.41, 5.74) is 6.87. The van der Waals surface area contributed by atoms with E-state index in [1.807, 2.05) is 0 Å². The first kappa shape index (κ1) is 22.1. The van der Waals surface area contributed by atoms with Gasteiger partial charge in [0, 0.05) is 43.1 Å². The summed E-state index contributed by atoms with van der Waals surface area (Å²) >= 11 is 0. The van der Waals surface area contributed by atoms with Crippen molar-refractivity contribution < 1.29 is 14.7 Å². The van der Waals surface area contributed by atoms with Gasteiger partial charge in [-0.3, -0.25) is 0 Å². The number of aromatic nitrogens is 3. The maximum Gasteiger partial charge on any atom is 0.251 e. The Morgan fingerprint density at radius 1 is 0.941 bits per heavy atom. The van der Waals surface area contributed by atoms with Crippen molar-refractivity contribution in [3.05, 3.63) is 77.2 Å². The molecule has 1 atom stereocenters. The van der Waals surface area contributed by atoms with Gasteiger partial charge < -0.3 is 19.6 Å². The maximum atomic E-state index is 10.6. The molecule has 0 saturated carbocycles. The number of hydrogen-bond acceptors (Lipinski definition) is 7. The molecule has 0 fully saturated rings.